The lowest BCUT2D eigenvalue weighted by atomic mass is 10.1. The zero-order valence-electron chi connectivity index (χ0n) is 13.1. The number of piperidine rings is 1. The van der Waals surface area contributed by atoms with Gasteiger partial charge < -0.3 is 14.6 Å². The Kier molecular flexibility index (Phi) is 4.29. The van der Waals surface area contributed by atoms with Gasteiger partial charge in [-0.15, -0.1) is 0 Å². The largest absolute Gasteiger partial charge is 0.424 e. The minimum absolute atomic E-state index is 0.158. The van der Waals surface area contributed by atoms with Crippen molar-refractivity contribution in [2.45, 2.75) is 18.9 Å². The molecule has 118 valence electrons. The molecule has 1 N–H and O–H groups in total. The third-order valence-corrected chi connectivity index (χ3v) is 4.07. The lowest BCUT2D eigenvalue weighted by Crippen LogP contribution is -2.43. The monoisotopic (exact) mass is 302 g/mol. The maximum absolute atomic E-state index is 11.7. The Morgan fingerprint density at radius 1 is 1.36 bits per heavy atom. The molecule has 3 rings (SSSR count). The van der Waals surface area contributed by atoms with E-state index in [1.807, 2.05) is 24.3 Å². The number of nitrogens with zero attached hydrogens (tertiary/aromatic N) is 3. The number of nitrogens with one attached hydrogen (secondary N) is 1. The number of benzene rings is 1. The van der Waals surface area contributed by atoms with Gasteiger partial charge in [-0.1, -0.05) is 12.1 Å². The average Bonchev–Trinajstić information content (AvgIpc) is 2.91. The first-order chi connectivity index (χ1) is 10.6. The Morgan fingerprint density at radius 2 is 2.09 bits per heavy atom. The Morgan fingerprint density at radius 3 is 2.77 bits per heavy atom. The standard InChI is InChI=1S/C16H22N4O2/c1-19(2)15(21)11-20-9-7-12(8-10-20)17-16-18-13-5-3-4-6-14(13)22-16/h3-6,12H,7-11H2,1-2H3,(H,17,18). The highest BCUT2D eigenvalue weighted by atomic mass is 16.4. The topological polar surface area (TPSA) is 61.6 Å². The van der Waals surface area contributed by atoms with Crippen molar-refractivity contribution in [2.75, 3.05) is 39.0 Å². The van der Waals surface area contributed by atoms with Gasteiger partial charge in [-0.3, -0.25) is 9.69 Å². The average molecular weight is 302 g/mol. The van der Waals surface area contributed by atoms with Crippen molar-refractivity contribution in [3.8, 4) is 0 Å². The first-order valence-corrected chi connectivity index (χ1v) is 7.66. The summed E-state index contributed by atoms with van der Waals surface area (Å²) in [6.07, 6.45) is 1.97. The molecule has 0 spiro atoms. The molecule has 1 saturated heterocycles. The highest BCUT2D eigenvalue weighted by Gasteiger charge is 2.22. The van der Waals surface area contributed by atoms with E-state index in [0.717, 1.165) is 37.0 Å². The summed E-state index contributed by atoms with van der Waals surface area (Å²) in [4.78, 5) is 20.0. The Hall–Kier alpha value is -2.08. The van der Waals surface area contributed by atoms with Crippen LogP contribution in [0.25, 0.3) is 11.1 Å². The first-order valence-electron chi connectivity index (χ1n) is 7.66. The summed E-state index contributed by atoms with van der Waals surface area (Å²) in [5.41, 5.74) is 1.68. The number of anilines is 1. The predicted molar refractivity (Wildman–Crippen MR) is 85.8 cm³/mol. The van der Waals surface area contributed by atoms with Crippen molar-refractivity contribution in [1.29, 1.82) is 0 Å². The second kappa shape index (κ2) is 6.36. The summed E-state index contributed by atoms with van der Waals surface area (Å²) in [6, 6.07) is 8.69. The quantitative estimate of drug-likeness (QED) is 0.933. The normalized spacial score (nSPS) is 16.8. The maximum Gasteiger partial charge on any atom is 0.295 e. The van der Waals surface area contributed by atoms with Crippen LogP contribution in [-0.4, -0.2) is 60.5 Å². The van der Waals surface area contributed by atoms with Gasteiger partial charge in [0.15, 0.2) is 5.58 Å². The summed E-state index contributed by atoms with van der Waals surface area (Å²) < 4.78 is 5.70. The summed E-state index contributed by atoms with van der Waals surface area (Å²) in [5.74, 6) is 0.158. The number of hydrogen-bond donors (Lipinski definition) is 1. The SMILES string of the molecule is CN(C)C(=O)CN1CCC(Nc2nc3ccccc3o2)CC1. The minimum Gasteiger partial charge on any atom is -0.424 e. The Bertz CT molecular complexity index is 611. The molecular weight excluding hydrogens is 280 g/mol. The number of oxazole rings is 1. The molecule has 1 aliphatic heterocycles. The number of fused-ring (bicyclic) bond motifs is 1. The van der Waals surface area contributed by atoms with Crippen molar-refractivity contribution < 1.29 is 9.21 Å². The van der Waals surface area contributed by atoms with E-state index in [2.05, 4.69) is 15.2 Å². The number of likely N-dealkylation sites (N-methyl/N-ethyl adjacent to an activating group) is 1. The van der Waals surface area contributed by atoms with Crippen LogP contribution in [0.1, 0.15) is 12.8 Å². The van der Waals surface area contributed by atoms with Crippen molar-refractivity contribution in [3.63, 3.8) is 0 Å². The van der Waals surface area contributed by atoms with Crippen molar-refractivity contribution >= 4 is 23.0 Å². The molecule has 0 atom stereocenters. The second-order valence-corrected chi connectivity index (χ2v) is 5.97. The zero-order valence-corrected chi connectivity index (χ0v) is 13.1. The summed E-state index contributed by atoms with van der Waals surface area (Å²) in [6.45, 7) is 2.33. The maximum atomic E-state index is 11.7. The van der Waals surface area contributed by atoms with E-state index in [0.29, 0.717) is 18.6 Å². The van der Waals surface area contributed by atoms with E-state index in [4.69, 9.17) is 4.42 Å². The van der Waals surface area contributed by atoms with Gasteiger partial charge in [0, 0.05) is 33.2 Å². The van der Waals surface area contributed by atoms with E-state index in [1.54, 1.807) is 19.0 Å². The molecule has 6 heteroatoms. The molecule has 0 unspecified atom stereocenters. The molecule has 0 saturated carbocycles. The van der Waals surface area contributed by atoms with Gasteiger partial charge in [0.05, 0.1) is 6.54 Å². The zero-order chi connectivity index (χ0) is 15.5. The molecule has 2 aromatic rings. The number of amides is 1. The van der Waals surface area contributed by atoms with Crippen LogP contribution in [0.2, 0.25) is 0 Å². The molecule has 1 aromatic carbocycles. The van der Waals surface area contributed by atoms with Crippen molar-refractivity contribution in [2.24, 2.45) is 0 Å². The summed E-state index contributed by atoms with van der Waals surface area (Å²) in [7, 11) is 3.59. The highest BCUT2D eigenvalue weighted by molar-refractivity contribution is 5.77. The summed E-state index contributed by atoms with van der Waals surface area (Å²) >= 11 is 0. The van der Waals surface area contributed by atoms with Crippen molar-refractivity contribution in [1.82, 2.24) is 14.8 Å². The molecule has 2 heterocycles. The van der Waals surface area contributed by atoms with Crippen molar-refractivity contribution in [3.05, 3.63) is 24.3 Å². The van der Waals surface area contributed by atoms with Crippen LogP contribution >= 0.6 is 0 Å². The van der Waals surface area contributed by atoms with Gasteiger partial charge >= 0.3 is 0 Å². The van der Waals surface area contributed by atoms with E-state index in [9.17, 15) is 4.79 Å². The van der Waals surface area contributed by atoms with Crippen LogP contribution < -0.4 is 5.32 Å². The number of rotatable bonds is 4. The van der Waals surface area contributed by atoms with Gasteiger partial charge in [-0.05, 0) is 25.0 Å². The predicted octanol–water partition coefficient (Wildman–Crippen LogP) is 1.79. The van der Waals surface area contributed by atoms with Crippen LogP contribution in [0.15, 0.2) is 28.7 Å². The molecule has 6 nitrogen and oxygen atoms in total. The molecular formula is C16H22N4O2. The lowest BCUT2D eigenvalue weighted by molar-refractivity contribution is -0.130. The smallest absolute Gasteiger partial charge is 0.295 e. The number of likely N-dealkylation sites (tertiary alicyclic amines) is 1. The van der Waals surface area contributed by atoms with Gasteiger partial charge in [0.25, 0.3) is 6.01 Å². The van der Waals surface area contributed by atoms with E-state index in [-0.39, 0.29) is 5.91 Å². The van der Waals surface area contributed by atoms with Gasteiger partial charge in [-0.25, -0.2) is 0 Å². The van der Waals surface area contributed by atoms with Crippen LogP contribution in [0.4, 0.5) is 6.01 Å². The number of para-hydroxylation sites is 2. The third-order valence-electron chi connectivity index (χ3n) is 4.07. The molecule has 22 heavy (non-hydrogen) atoms. The second-order valence-electron chi connectivity index (χ2n) is 5.97. The van der Waals surface area contributed by atoms with Crippen LogP contribution in [0, 0.1) is 0 Å². The molecule has 0 aliphatic carbocycles. The molecule has 0 radical (unpaired) electrons. The molecule has 1 fully saturated rings. The molecule has 1 amide bonds. The number of carbonyl (C=O) groups excluding carboxylic acids is 1. The van der Waals surface area contributed by atoms with Gasteiger partial charge in [-0.2, -0.15) is 4.98 Å². The van der Waals surface area contributed by atoms with Crippen LogP contribution in [-0.2, 0) is 4.79 Å². The van der Waals surface area contributed by atoms with E-state index >= 15 is 0 Å². The fourth-order valence-electron chi connectivity index (χ4n) is 2.68. The Balaban J connectivity index is 1.52. The molecule has 0 bridgehead atoms. The minimum atomic E-state index is 0.158. The number of aromatic nitrogens is 1. The van der Waals surface area contributed by atoms with E-state index in [1.165, 1.54) is 0 Å². The van der Waals surface area contributed by atoms with Gasteiger partial charge in [0.2, 0.25) is 5.91 Å². The van der Waals surface area contributed by atoms with Gasteiger partial charge in [0.1, 0.15) is 5.52 Å². The number of carbonyl (C=O) groups is 1. The first kappa shape index (κ1) is 14.8. The van der Waals surface area contributed by atoms with E-state index < -0.39 is 0 Å². The fourth-order valence-corrected chi connectivity index (χ4v) is 2.68. The summed E-state index contributed by atoms with van der Waals surface area (Å²) in [5, 5.41) is 3.37. The number of hydrogen-bond acceptors (Lipinski definition) is 5. The fraction of sp³-hybridized carbons (Fsp3) is 0.500. The molecule has 1 aliphatic rings. The Labute approximate surface area is 130 Å². The third kappa shape index (κ3) is 3.39. The lowest BCUT2D eigenvalue weighted by Gasteiger charge is -2.32. The van der Waals surface area contributed by atoms with Crippen LogP contribution in [0.3, 0.4) is 0 Å². The molecule has 1 aromatic heterocycles. The van der Waals surface area contributed by atoms with Crippen LogP contribution in [0.5, 0.6) is 0 Å². The highest BCUT2D eigenvalue weighted by Crippen LogP contribution is 2.21.